The van der Waals surface area contributed by atoms with Gasteiger partial charge in [-0.25, -0.2) is 14.7 Å². The third-order valence-corrected chi connectivity index (χ3v) is 5.76. The number of rotatable bonds is 9. The number of nitrogens with zero attached hydrogens (tertiary/aromatic N) is 2. The van der Waals surface area contributed by atoms with Crippen molar-refractivity contribution >= 4 is 45.6 Å². The molecule has 0 aliphatic carbocycles. The van der Waals surface area contributed by atoms with Gasteiger partial charge in [-0.05, 0) is 64.9 Å². The molecule has 4 rings (SSSR count). The van der Waals surface area contributed by atoms with Crippen LogP contribution in [0.25, 0.3) is 11.0 Å². The summed E-state index contributed by atoms with van der Waals surface area (Å²) in [5.41, 5.74) is 2.38. The Morgan fingerprint density at radius 3 is 2.72 bits per heavy atom. The lowest BCUT2D eigenvalue weighted by molar-refractivity contribution is -0.139. The first-order valence-electron chi connectivity index (χ1n) is 10.2. The van der Waals surface area contributed by atoms with Gasteiger partial charge in [-0.15, -0.1) is 0 Å². The quantitative estimate of drug-likeness (QED) is 0.279. The number of benzene rings is 2. The molecule has 32 heavy (non-hydrogen) atoms. The smallest absolute Gasteiger partial charge is 0.327 e. The normalized spacial score (nSPS) is 17.1. The molecule has 2 atom stereocenters. The third kappa shape index (κ3) is 4.71. The number of carbonyl (C=O) groups is 2. The lowest BCUT2D eigenvalue weighted by atomic mass is 10.1. The topological polar surface area (TPSA) is 117 Å². The number of ether oxygens (including phenoxy) is 2. The predicted molar refractivity (Wildman–Crippen MR) is 125 cm³/mol. The van der Waals surface area contributed by atoms with Crippen LogP contribution in [-0.4, -0.2) is 51.4 Å². The maximum Gasteiger partial charge on any atom is 0.327 e. The SMILES string of the molecule is CC[C@@H](OCc1nc2cc(I)ccc2[nH]1)N1C(=O)N[C@H](c2ccc(OCCO)cc2)C1=O. The Bertz CT molecular complexity index is 1120. The number of nitrogens with one attached hydrogen (secondary N) is 2. The highest BCUT2D eigenvalue weighted by molar-refractivity contribution is 14.1. The molecule has 2 heterocycles. The second-order valence-electron chi connectivity index (χ2n) is 7.25. The zero-order chi connectivity index (χ0) is 22.7. The molecule has 1 aromatic heterocycles. The summed E-state index contributed by atoms with van der Waals surface area (Å²) in [6, 6.07) is 11.5. The van der Waals surface area contributed by atoms with Gasteiger partial charge in [-0.3, -0.25) is 4.79 Å². The van der Waals surface area contributed by atoms with Gasteiger partial charge >= 0.3 is 6.03 Å². The number of hydrogen-bond acceptors (Lipinski definition) is 6. The third-order valence-electron chi connectivity index (χ3n) is 5.09. The molecule has 1 aliphatic heterocycles. The molecule has 1 aliphatic rings. The van der Waals surface area contributed by atoms with Crippen molar-refractivity contribution in [3.05, 3.63) is 57.4 Å². The molecule has 0 unspecified atom stereocenters. The van der Waals surface area contributed by atoms with E-state index in [1.54, 1.807) is 24.3 Å². The Labute approximate surface area is 198 Å². The number of aliphatic hydroxyl groups is 1. The summed E-state index contributed by atoms with van der Waals surface area (Å²) in [5.74, 6) is 0.833. The van der Waals surface area contributed by atoms with Gasteiger partial charge in [-0.2, -0.15) is 0 Å². The first-order chi connectivity index (χ1) is 15.5. The number of aromatic nitrogens is 2. The summed E-state index contributed by atoms with van der Waals surface area (Å²) >= 11 is 2.23. The predicted octanol–water partition coefficient (Wildman–Crippen LogP) is 3.08. The molecule has 1 fully saturated rings. The van der Waals surface area contributed by atoms with Crippen molar-refractivity contribution in [1.29, 1.82) is 0 Å². The van der Waals surface area contributed by atoms with Gasteiger partial charge in [0.25, 0.3) is 5.91 Å². The molecule has 1 saturated heterocycles. The maximum atomic E-state index is 13.0. The van der Waals surface area contributed by atoms with Crippen molar-refractivity contribution in [2.24, 2.45) is 0 Å². The van der Waals surface area contributed by atoms with E-state index in [0.717, 1.165) is 19.5 Å². The fraction of sp³-hybridized carbons (Fsp3) is 0.318. The summed E-state index contributed by atoms with van der Waals surface area (Å²) in [6.45, 7) is 2.10. The Hall–Kier alpha value is -2.70. The van der Waals surface area contributed by atoms with E-state index in [0.29, 0.717) is 23.6 Å². The summed E-state index contributed by atoms with van der Waals surface area (Å²) in [5, 5.41) is 11.6. The highest BCUT2D eigenvalue weighted by Gasteiger charge is 2.42. The second kappa shape index (κ2) is 9.84. The summed E-state index contributed by atoms with van der Waals surface area (Å²) in [4.78, 5) is 34.5. The van der Waals surface area contributed by atoms with Crippen molar-refractivity contribution in [3.8, 4) is 5.75 Å². The molecule has 0 radical (unpaired) electrons. The molecule has 0 bridgehead atoms. The number of H-pyrrole nitrogens is 1. The number of imide groups is 1. The molecule has 3 aromatic rings. The van der Waals surface area contributed by atoms with Crippen LogP contribution in [0.15, 0.2) is 42.5 Å². The number of fused-ring (bicyclic) bond motifs is 1. The standard InChI is InChI=1S/C22H23IN4O5/c1-2-19(32-12-18-24-16-8-5-14(23)11-17(16)25-18)27-21(29)20(26-22(27)30)13-3-6-15(7-4-13)31-10-9-28/h3-8,11,19-20,28H,2,9-10,12H2,1H3,(H,24,25)(H,26,30)/t19-,20-/m1/s1. The molecular formula is C22H23IN4O5. The first kappa shape index (κ1) is 22.5. The average Bonchev–Trinajstić information content (AvgIpc) is 3.33. The molecule has 3 N–H and O–H groups in total. The number of aliphatic hydroxyl groups excluding tert-OH is 1. The van der Waals surface area contributed by atoms with E-state index >= 15 is 0 Å². The number of carbonyl (C=O) groups excluding carboxylic acids is 2. The van der Waals surface area contributed by atoms with Gasteiger partial charge in [0.2, 0.25) is 0 Å². The van der Waals surface area contributed by atoms with Crippen molar-refractivity contribution in [1.82, 2.24) is 20.2 Å². The minimum Gasteiger partial charge on any atom is -0.491 e. The van der Waals surface area contributed by atoms with E-state index in [1.165, 1.54) is 0 Å². The van der Waals surface area contributed by atoms with Gasteiger partial charge in [0.15, 0.2) is 0 Å². The Balaban J connectivity index is 1.43. The lowest BCUT2D eigenvalue weighted by Gasteiger charge is -2.24. The van der Waals surface area contributed by atoms with E-state index < -0.39 is 18.3 Å². The van der Waals surface area contributed by atoms with Gasteiger partial charge in [0.05, 0.1) is 17.6 Å². The first-order valence-corrected chi connectivity index (χ1v) is 11.3. The average molecular weight is 550 g/mol. The molecule has 168 valence electrons. The minimum absolute atomic E-state index is 0.0837. The van der Waals surface area contributed by atoms with Crippen LogP contribution in [0, 0.1) is 3.57 Å². The zero-order valence-electron chi connectivity index (χ0n) is 17.4. The summed E-state index contributed by atoms with van der Waals surface area (Å²) in [6.07, 6.45) is -0.272. The number of amides is 3. The minimum atomic E-state index is -0.791. The van der Waals surface area contributed by atoms with E-state index in [9.17, 15) is 9.59 Å². The molecule has 9 nitrogen and oxygen atoms in total. The van der Waals surface area contributed by atoms with Crippen molar-refractivity contribution in [3.63, 3.8) is 0 Å². The molecule has 2 aromatic carbocycles. The molecule has 10 heteroatoms. The van der Waals surface area contributed by atoms with Gasteiger partial charge in [0, 0.05) is 3.57 Å². The van der Waals surface area contributed by atoms with Crippen molar-refractivity contribution in [2.45, 2.75) is 32.2 Å². The maximum absolute atomic E-state index is 13.0. The van der Waals surface area contributed by atoms with Gasteiger partial charge in [-0.1, -0.05) is 19.1 Å². The Morgan fingerprint density at radius 2 is 2.00 bits per heavy atom. The van der Waals surface area contributed by atoms with Crippen molar-refractivity contribution < 1.29 is 24.2 Å². The van der Waals surface area contributed by atoms with Crippen LogP contribution >= 0.6 is 22.6 Å². The van der Waals surface area contributed by atoms with E-state index in [2.05, 4.69) is 37.9 Å². The van der Waals surface area contributed by atoms with Crippen LogP contribution in [-0.2, 0) is 16.1 Å². The number of imidazole rings is 1. The largest absolute Gasteiger partial charge is 0.491 e. The monoisotopic (exact) mass is 550 g/mol. The van der Waals surface area contributed by atoms with Gasteiger partial charge < -0.3 is 24.9 Å². The molecule has 0 saturated carbocycles. The number of halogens is 1. The second-order valence-corrected chi connectivity index (χ2v) is 8.50. The fourth-order valence-corrected chi connectivity index (χ4v) is 4.04. The van der Waals surface area contributed by atoms with E-state index in [4.69, 9.17) is 14.6 Å². The van der Waals surface area contributed by atoms with E-state index in [-0.39, 0.29) is 25.7 Å². The van der Waals surface area contributed by atoms with Crippen LogP contribution in [0.2, 0.25) is 0 Å². The highest BCUT2D eigenvalue weighted by atomic mass is 127. The van der Waals surface area contributed by atoms with E-state index in [1.807, 2.05) is 25.1 Å². The zero-order valence-corrected chi connectivity index (χ0v) is 19.5. The number of hydrogen-bond donors (Lipinski definition) is 3. The van der Waals surface area contributed by atoms with Crippen LogP contribution in [0.3, 0.4) is 0 Å². The molecular weight excluding hydrogens is 527 g/mol. The van der Waals surface area contributed by atoms with Crippen LogP contribution in [0.1, 0.15) is 30.8 Å². The van der Waals surface area contributed by atoms with Crippen LogP contribution in [0.5, 0.6) is 5.75 Å². The fourth-order valence-electron chi connectivity index (χ4n) is 3.56. The number of urea groups is 1. The highest BCUT2D eigenvalue weighted by Crippen LogP contribution is 2.27. The molecule has 3 amide bonds. The number of aromatic amines is 1. The summed E-state index contributed by atoms with van der Waals surface area (Å²) in [7, 11) is 0. The van der Waals surface area contributed by atoms with Gasteiger partial charge in [0.1, 0.15) is 37.1 Å². The van der Waals surface area contributed by atoms with Crippen molar-refractivity contribution in [2.75, 3.05) is 13.2 Å². The molecule has 0 spiro atoms. The summed E-state index contributed by atoms with van der Waals surface area (Å²) < 4.78 is 12.3. The Kier molecular flexibility index (Phi) is 6.92. The van der Waals surface area contributed by atoms with Crippen LogP contribution < -0.4 is 10.1 Å². The van der Waals surface area contributed by atoms with Crippen LogP contribution in [0.4, 0.5) is 4.79 Å². The Morgan fingerprint density at radius 1 is 1.22 bits per heavy atom. The lowest BCUT2D eigenvalue weighted by Crippen LogP contribution is -2.42.